The summed E-state index contributed by atoms with van der Waals surface area (Å²) in [5.74, 6) is -1.12. The highest BCUT2D eigenvalue weighted by Crippen LogP contribution is 2.17. The number of phenols is 1. The average Bonchev–Trinajstić information content (AvgIpc) is 2.15. The molecule has 5 N–H and O–H groups in total. The minimum absolute atomic E-state index is 0.0355. The van der Waals surface area contributed by atoms with Gasteiger partial charge >= 0.3 is 0 Å². The molecule has 0 saturated heterocycles. The molecule has 0 heterocycles. The van der Waals surface area contributed by atoms with E-state index in [1.807, 2.05) is 0 Å². The number of aryl methyl sites for hydroxylation is 1. The van der Waals surface area contributed by atoms with E-state index in [2.05, 4.69) is 0 Å². The number of carbonyl (C=O) groups is 2. The van der Waals surface area contributed by atoms with E-state index in [9.17, 15) is 9.59 Å². The van der Waals surface area contributed by atoms with Crippen LogP contribution in [0.2, 0.25) is 0 Å². The van der Waals surface area contributed by atoms with Crippen LogP contribution in [0.15, 0.2) is 18.2 Å². The first-order valence-electron chi connectivity index (χ1n) is 4.40. The largest absolute Gasteiger partial charge is 0.508 e. The van der Waals surface area contributed by atoms with Crippen LogP contribution >= 0.6 is 0 Å². The number of primary amides is 2. The van der Waals surface area contributed by atoms with Gasteiger partial charge in [-0.3, -0.25) is 9.59 Å². The minimum Gasteiger partial charge on any atom is -0.508 e. The van der Waals surface area contributed by atoms with Gasteiger partial charge in [-0.1, -0.05) is 6.07 Å². The first kappa shape index (κ1) is 11.0. The fourth-order valence-electron chi connectivity index (χ4n) is 1.27. The Morgan fingerprint density at radius 3 is 2.47 bits per heavy atom. The van der Waals surface area contributed by atoms with Crippen LogP contribution in [0.1, 0.15) is 22.3 Å². The van der Waals surface area contributed by atoms with Crippen molar-refractivity contribution in [1.82, 2.24) is 0 Å². The number of rotatable bonds is 4. The van der Waals surface area contributed by atoms with Crippen LogP contribution in [0, 0.1) is 0 Å². The lowest BCUT2D eigenvalue weighted by molar-refractivity contribution is -0.117. The highest BCUT2D eigenvalue weighted by Gasteiger charge is 2.09. The van der Waals surface area contributed by atoms with E-state index in [1.54, 1.807) is 6.07 Å². The topological polar surface area (TPSA) is 106 Å². The number of benzene rings is 1. The number of hydrogen-bond donors (Lipinski definition) is 3. The SMILES string of the molecule is NC(=O)CCc1ccc(O)cc1C(N)=O. The van der Waals surface area contributed by atoms with E-state index in [4.69, 9.17) is 16.6 Å². The fraction of sp³-hybridized carbons (Fsp3) is 0.200. The molecule has 0 fully saturated rings. The van der Waals surface area contributed by atoms with Crippen molar-refractivity contribution >= 4 is 11.8 Å². The van der Waals surface area contributed by atoms with E-state index < -0.39 is 11.8 Å². The summed E-state index contributed by atoms with van der Waals surface area (Å²) in [5, 5.41) is 9.16. The van der Waals surface area contributed by atoms with Gasteiger partial charge in [0.1, 0.15) is 5.75 Å². The molecule has 0 saturated carbocycles. The molecule has 80 valence electrons. The molecule has 1 rings (SSSR count). The van der Waals surface area contributed by atoms with Gasteiger partial charge in [-0.05, 0) is 24.1 Å². The zero-order valence-electron chi connectivity index (χ0n) is 8.06. The van der Waals surface area contributed by atoms with Crippen LogP contribution in [-0.2, 0) is 11.2 Å². The maximum atomic E-state index is 11.0. The van der Waals surface area contributed by atoms with Crippen LogP contribution in [0.25, 0.3) is 0 Å². The Labute approximate surface area is 86.7 Å². The smallest absolute Gasteiger partial charge is 0.249 e. The molecular formula is C10H12N2O3. The van der Waals surface area contributed by atoms with Gasteiger partial charge in [0.05, 0.1) is 0 Å². The average molecular weight is 208 g/mol. The van der Waals surface area contributed by atoms with Crippen molar-refractivity contribution in [2.45, 2.75) is 12.8 Å². The summed E-state index contributed by atoms with van der Waals surface area (Å²) in [7, 11) is 0. The molecule has 5 nitrogen and oxygen atoms in total. The minimum atomic E-state index is -0.634. The first-order chi connectivity index (χ1) is 7.00. The lowest BCUT2D eigenvalue weighted by Crippen LogP contribution is -2.16. The van der Waals surface area contributed by atoms with Crippen LogP contribution in [0.3, 0.4) is 0 Å². The molecule has 0 atom stereocenters. The van der Waals surface area contributed by atoms with Gasteiger partial charge in [0.25, 0.3) is 0 Å². The van der Waals surface area contributed by atoms with Gasteiger partial charge in [0.2, 0.25) is 11.8 Å². The Morgan fingerprint density at radius 1 is 1.27 bits per heavy atom. The molecule has 1 aromatic rings. The quantitative estimate of drug-likeness (QED) is 0.643. The zero-order valence-corrected chi connectivity index (χ0v) is 8.06. The molecule has 5 heteroatoms. The second-order valence-corrected chi connectivity index (χ2v) is 3.17. The molecule has 1 aromatic carbocycles. The van der Waals surface area contributed by atoms with E-state index in [1.165, 1.54) is 12.1 Å². The van der Waals surface area contributed by atoms with Crippen LogP contribution in [0.5, 0.6) is 5.75 Å². The molecular weight excluding hydrogens is 196 g/mol. The summed E-state index contributed by atoms with van der Waals surface area (Å²) in [6, 6.07) is 4.26. The second kappa shape index (κ2) is 4.45. The Hall–Kier alpha value is -2.04. The van der Waals surface area contributed by atoms with Gasteiger partial charge in [-0.25, -0.2) is 0 Å². The molecule has 0 aliphatic rings. The van der Waals surface area contributed by atoms with Crippen LogP contribution in [0.4, 0.5) is 0 Å². The van der Waals surface area contributed by atoms with E-state index in [0.29, 0.717) is 12.0 Å². The van der Waals surface area contributed by atoms with Crippen molar-refractivity contribution in [3.8, 4) is 5.75 Å². The summed E-state index contributed by atoms with van der Waals surface area (Å²) >= 11 is 0. The molecule has 0 aliphatic carbocycles. The fourth-order valence-corrected chi connectivity index (χ4v) is 1.27. The number of carbonyl (C=O) groups excluding carboxylic acids is 2. The van der Waals surface area contributed by atoms with Gasteiger partial charge in [-0.2, -0.15) is 0 Å². The molecule has 0 bridgehead atoms. The molecule has 15 heavy (non-hydrogen) atoms. The van der Waals surface area contributed by atoms with Gasteiger partial charge < -0.3 is 16.6 Å². The van der Waals surface area contributed by atoms with Crippen molar-refractivity contribution in [2.24, 2.45) is 11.5 Å². The van der Waals surface area contributed by atoms with Crippen LogP contribution < -0.4 is 11.5 Å². The van der Waals surface area contributed by atoms with Crippen molar-refractivity contribution in [2.75, 3.05) is 0 Å². The Bertz CT molecular complexity index is 402. The van der Waals surface area contributed by atoms with Crippen molar-refractivity contribution in [3.63, 3.8) is 0 Å². The molecule has 0 spiro atoms. The number of amides is 2. The summed E-state index contributed by atoms with van der Waals surface area (Å²) in [5.41, 5.74) is 10.9. The predicted molar refractivity (Wildman–Crippen MR) is 54.1 cm³/mol. The van der Waals surface area contributed by atoms with Gasteiger partial charge in [0.15, 0.2) is 0 Å². The number of aromatic hydroxyl groups is 1. The third-order valence-electron chi connectivity index (χ3n) is 2.00. The molecule has 0 aliphatic heterocycles. The number of phenolic OH excluding ortho intramolecular Hbond substituents is 1. The summed E-state index contributed by atoms with van der Waals surface area (Å²) in [6.07, 6.45) is 0.485. The van der Waals surface area contributed by atoms with Gasteiger partial charge in [0, 0.05) is 12.0 Å². The molecule has 0 unspecified atom stereocenters. The molecule has 0 radical (unpaired) electrons. The van der Waals surface area contributed by atoms with Crippen LogP contribution in [-0.4, -0.2) is 16.9 Å². The lowest BCUT2D eigenvalue weighted by Gasteiger charge is -2.05. The van der Waals surface area contributed by atoms with Crippen molar-refractivity contribution in [1.29, 1.82) is 0 Å². The van der Waals surface area contributed by atoms with E-state index >= 15 is 0 Å². The van der Waals surface area contributed by atoms with E-state index in [0.717, 1.165) is 0 Å². The van der Waals surface area contributed by atoms with Crippen molar-refractivity contribution < 1.29 is 14.7 Å². The van der Waals surface area contributed by atoms with E-state index in [-0.39, 0.29) is 17.7 Å². The van der Waals surface area contributed by atoms with Gasteiger partial charge in [-0.15, -0.1) is 0 Å². The summed E-state index contributed by atoms with van der Waals surface area (Å²) < 4.78 is 0. The van der Waals surface area contributed by atoms with Crippen molar-refractivity contribution in [3.05, 3.63) is 29.3 Å². The zero-order chi connectivity index (χ0) is 11.4. The maximum Gasteiger partial charge on any atom is 0.249 e. The Balaban J connectivity index is 2.95. The standard InChI is InChI=1S/C10H12N2O3/c11-9(14)4-2-6-1-3-7(13)5-8(6)10(12)15/h1,3,5,13H,2,4H2,(H2,11,14)(H2,12,15). The maximum absolute atomic E-state index is 11.0. The second-order valence-electron chi connectivity index (χ2n) is 3.17. The Kier molecular flexibility index (Phi) is 3.28. The molecule has 2 amide bonds. The monoisotopic (exact) mass is 208 g/mol. The summed E-state index contributed by atoms with van der Waals surface area (Å²) in [4.78, 5) is 21.6. The Morgan fingerprint density at radius 2 is 1.93 bits per heavy atom. The highest BCUT2D eigenvalue weighted by atomic mass is 16.3. The lowest BCUT2D eigenvalue weighted by atomic mass is 10.0. The number of hydrogen-bond acceptors (Lipinski definition) is 3. The third-order valence-corrected chi connectivity index (χ3v) is 2.00. The number of nitrogens with two attached hydrogens (primary N) is 2. The molecule has 0 aromatic heterocycles. The predicted octanol–water partition coefficient (Wildman–Crippen LogP) is -0.0910. The summed E-state index contributed by atoms with van der Waals surface area (Å²) in [6.45, 7) is 0. The third kappa shape index (κ3) is 2.98. The highest BCUT2D eigenvalue weighted by molar-refractivity contribution is 5.94. The normalized spacial score (nSPS) is 9.87. The first-order valence-corrected chi connectivity index (χ1v) is 4.40.